The summed E-state index contributed by atoms with van der Waals surface area (Å²) in [4.78, 5) is 6.71. The Morgan fingerprint density at radius 3 is 2.76 bits per heavy atom. The molecular formula is C18H20N2O. The molecule has 0 spiro atoms. The van der Waals surface area contributed by atoms with E-state index in [4.69, 9.17) is 5.11 Å². The molecule has 0 amide bonds. The Morgan fingerprint density at radius 2 is 2.05 bits per heavy atom. The largest absolute Gasteiger partial charge is 0.384 e. The number of aliphatic hydroxyl groups excluding tert-OH is 1. The van der Waals surface area contributed by atoms with Crippen molar-refractivity contribution in [2.75, 3.05) is 13.2 Å². The third-order valence-electron chi connectivity index (χ3n) is 3.20. The highest BCUT2D eigenvalue weighted by Gasteiger charge is 2.05. The van der Waals surface area contributed by atoms with E-state index < -0.39 is 0 Å². The van der Waals surface area contributed by atoms with E-state index in [1.807, 2.05) is 36.5 Å². The van der Waals surface area contributed by atoms with Gasteiger partial charge in [-0.2, -0.15) is 0 Å². The number of rotatable bonds is 5. The maximum Gasteiger partial charge on any atom is 0.104 e. The van der Waals surface area contributed by atoms with Gasteiger partial charge in [0.05, 0.1) is 5.69 Å². The molecule has 2 rings (SSSR count). The van der Waals surface area contributed by atoms with Crippen molar-refractivity contribution in [2.45, 2.75) is 20.0 Å². The fourth-order valence-electron chi connectivity index (χ4n) is 2.15. The van der Waals surface area contributed by atoms with Crippen molar-refractivity contribution < 1.29 is 5.11 Å². The van der Waals surface area contributed by atoms with Crippen LogP contribution in [0.4, 0.5) is 0 Å². The summed E-state index contributed by atoms with van der Waals surface area (Å²) in [6, 6.07) is 14.1. The maximum atomic E-state index is 8.76. The minimum absolute atomic E-state index is 0.106. The first-order chi connectivity index (χ1) is 10.3. The molecule has 108 valence electrons. The molecule has 1 N–H and O–H groups in total. The van der Waals surface area contributed by atoms with Crippen molar-refractivity contribution in [3.8, 4) is 11.8 Å². The molecule has 0 saturated heterocycles. The van der Waals surface area contributed by atoms with Gasteiger partial charge in [-0.3, -0.25) is 9.88 Å². The van der Waals surface area contributed by atoms with Gasteiger partial charge in [0, 0.05) is 24.8 Å². The first-order valence-corrected chi connectivity index (χ1v) is 7.12. The van der Waals surface area contributed by atoms with Crippen LogP contribution < -0.4 is 0 Å². The van der Waals surface area contributed by atoms with Gasteiger partial charge >= 0.3 is 0 Å². The SMILES string of the molecule is CCN(Cc1cccc(C#CCO)c1)Cc1ccccn1. The van der Waals surface area contributed by atoms with Crippen molar-refractivity contribution in [1.82, 2.24) is 9.88 Å². The molecular weight excluding hydrogens is 260 g/mol. The van der Waals surface area contributed by atoms with Crippen molar-refractivity contribution in [2.24, 2.45) is 0 Å². The molecule has 0 unspecified atom stereocenters. The Labute approximate surface area is 126 Å². The Hall–Kier alpha value is -2.15. The van der Waals surface area contributed by atoms with Crippen LogP contribution in [0, 0.1) is 11.8 Å². The van der Waals surface area contributed by atoms with Gasteiger partial charge in [-0.1, -0.05) is 37.0 Å². The molecule has 0 aliphatic carbocycles. The summed E-state index contributed by atoms with van der Waals surface area (Å²) in [5.41, 5.74) is 3.24. The van der Waals surface area contributed by atoms with Crippen LogP contribution in [0.1, 0.15) is 23.7 Å². The first-order valence-electron chi connectivity index (χ1n) is 7.12. The molecule has 2 aromatic rings. The average Bonchev–Trinajstić information content (AvgIpc) is 2.53. The number of hydrogen-bond acceptors (Lipinski definition) is 3. The van der Waals surface area contributed by atoms with Crippen LogP contribution in [0.2, 0.25) is 0 Å². The molecule has 1 heterocycles. The topological polar surface area (TPSA) is 36.4 Å². The van der Waals surface area contributed by atoms with Gasteiger partial charge in [0.15, 0.2) is 0 Å². The van der Waals surface area contributed by atoms with E-state index >= 15 is 0 Å². The summed E-state index contributed by atoms with van der Waals surface area (Å²) >= 11 is 0. The van der Waals surface area contributed by atoms with Gasteiger partial charge in [0.25, 0.3) is 0 Å². The first kappa shape index (κ1) is 15.2. The van der Waals surface area contributed by atoms with Gasteiger partial charge < -0.3 is 5.11 Å². The molecule has 0 atom stereocenters. The predicted octanol–water partition coefficient (Wildman–Crippen LogP) is 2.45. The zero-order chi connectivity index (χ0) is 14.9. The van der Waals surface area contributed by atoms with Crippen LogP contribution in [0.25, 0.3) is 0 Å². The molecule has 21 heavy (non-hydrogen) atoms. The highest BCUT2D eigenvalue weighted by molar-refractivity contribution is 5.37. The normalized spacial score (nSPS) is 10.2. The quantitative estimate of drug-likeness (QED) is 0.855. The van der Waals surface area contributed by atoms with Crippen molar-refractivity contribution in [3.63, 3.8) is 0 Å². The zero-order valence-corrected chi connectivity index (χ0v) is 12.3. The Kier molecular flexibility index (Phi) is 5.96. The number of benzene rings is 1. The summed E-state index contributed by atoms with van der Waals surface area (Å²) in [5, 5.41) is 8.76. The summed E-state index contributed by atoms with van der Waals surface area (Å²) in [5.74, 6) is 5.63. The fraction of sp³-hybridized carbons (Fsp3) is 0.278. The lowest BCUT2D eigenvalue weighted by Gasteiger charge is -2.20. The Morgan fingerprint density at radius 1 is 1.14 bits per heavy atom. The van der Waals surface area contributed by atoms with Gasteiger partial charge in [0.1, 0.15) is 6.61 Å². The number of nitrogens with zero attached hydrogens (tertiary/aromatic N) is 2. The molecule has 0 aliphatic heterocycles. The highest BCUT2D eigenvalue weighted by Crippen LogP contribution is 2.10. The second-order valence-electron chi connectivity index (χ2n) is 4.78. The maximum absolute atomic E-state index is 8.76. The molecule has 0 saturated carbocycles. The monoisotopic (exact) mass is 280 g/mol. The molecule has 3 heteroatoms. The van der Waals surface area contributed by atoms with Crippen LogP contribution in [-0.4, -0.2) is 28.1 Å². The van der Waals surface area contributed by atoms with Crippen LogP contribution in [0.3, 0.4) is 0 Å². The van der Waals surface area contributed by atoms with E-state index in [1.54, 1.807) is 0 Å². The number of aromatic nitrogens is 1. The molecule has 0 aliphatic rings. The fourth-order valence-corrected chi connectivity index (χ4v) is 2.15. The zero-order valence-electron chi connectivity index (χ0n) is 12.3. The Balaban J connectivity index is 2.04. The number of hydrogen-bond donors (Lipinski definition) is 1. The number of pyridine rings is 1. The van der Waals surface area contributed by atoms with Crippen molar-refractivity contribution >= 4 is 0 Å². The lowest BCUT2D eigenvalue weighted by molar-refractivity contribution is 0.268. The van der Waals surface area contributed by atoms with Crippen LogP contribution in [0.5, 0.6) is 0 Å². The molecule has 3 nitrogen and oxygen atoms in total. The smallest absolute Gasteiger partial charge is 0.104 e. The molecule has 1 aromatic heterocycles. The summed E-state index contributed by atoms with van der Waals surface area (Å²) in [6.45, 7) is 4.71. The lowest BCUT2D eigenvalue weighted by Crippen LogP contribution is -2.22. The molecule has 0 bridgehead atoms. The third-order valence-corrected chi connectivity index (χ3v) is 3.20. The minimum Gasteiger partial charge on any atom is -0.384 e. The van der Waals surface area contributed by atoms with Crippen LogP contribution in [-0.2, 0) is 13.1 Å². The molecule has 1 aromatic carbocycles. The third kappa shape index (κ3) is 5.03. The van der Waals surface area contributed by atoms with Gasteiger partial charge in [-0.15, -0.1) is 0 Å². The van der Waals surface area contributed by atoms with E-state index in [0.717, 1.165) is 30.9 Å². The van der Waals surface area contributed by atoms with Gasteiger partial charge in [0.2, 0.25) is 0 Å². The van der Waals surface area contributed by atoms with Gasteiger partial charge in [-0.05, 0) is 36.4 Å². The molecule has 0 fully saturated rings. The molecule has 0 radical (unpaired) electrons. The summed E-state index contributed by atoms with van der Waals surface area (Å²) in [6.07, 6.45) is 1.83. The summed E-state index contributed by atoms with van der Waals surface area (Å²) in [7, 11) is 0. The van der Waals surface area contributed by atoms with E-state index in [9.17, 15) is 0 Å². The van der Waals surface area contributed by atoms with Gasteiger partial charge in [-0.25, -0.2) is 0 Å². The van der Waals surface area contributed by atoms with Crippen molar-refractivity contribution in [1.29, 1.82) is 0 Å². The van der Waals surface area contributed by atoms with E-state index in [0.29, 0.717) is 0 Å². The summed E-state index contributed by atoms with van der Waals surface area (Å²) < 4.78 is 0. The van der Waals surface area contributed by atoms with E-state index in [-0.39, 0.29) is 6.61 Å². The lowest BCUT2D eigenvalue weighted by atomic mass is 10.1. The second kappa shape index (κ2) is 8.21. The van der Waals surface area contributed by atoms with Crippen LogP contribution >= 0.6 is 0 Å². The second-order valence-corrected chi connectivity index (χ2v) is 4.78. The van der Waals surface area contributed by atoms with E-state index in [1.165, 1.54) is 5.56 Å². The predicted molar refractivity (Wildman–Crippen MR) is 84.4 cm³/mol. The highest BCUT2D eigenvalue weighted by atomic mass is 16.2. The van der Waals surface area contributed by atoms with E-state index in [2.05, 4.69) is 40.8 Å². The van der Waals surface area contributed by atoms with Crippen molar-refractivity contribution in [3.05, 3.63) is 65.5 Å². The average molecular weight is 280 g/mol. The minimum atomic E-state index is -0.106. The van der Waals surface area contributed by atoms with Crippen LogP contribution in [0.15, 0.2) is 48.7 Å². The standard InChI is InChI=1S/C18H20N2O/c1-2-20(15-18-10-3-4-11-19-18)14-17-8-5-7-16(13-17)9-6-12-21/h3-5,7-8,10-11,13,21H,2,12,14-15H2,1H3. The Bertz CT molecular complexity index is 614. The number of aliphatic hydroxyl groups is 1.